The topological polar surface area (TPSA) is 142 Å². The Morgan fingerprint density at radius 1 is 1.00 bits per heavy atom. The van der Waals surface area contributed by atoms with Gasteiger partial charge < -0.3 is 20.5 Å². The number of thiazole rings is 1. The molecule has 1 aliphatic rings. The van der Waals surface area contributed by atoms with Crippen molar-refractivity contribution in [3.8, 4) is 33.5 Å². The normalized spacial score (nSPS) is 15.3. The third-order valence-electron chi connectivity index (χ3n) is 7.41. The summed E-state index contributed by atoms with van der Waals surface area (Å²) in [6, 6.07) is 15.6. The molecule has 15 heteroatoms. The van der Waals surface area contributed by atoms with E-state index < -0.39 is 23.9 Å². The highest BCUT2D eigenvalue weighted by molar-refractivity contribution is 7.19. The first-order chi connectivity index (χ1) is 23.0. The molecule has 0 spiro atoms. The molecule has 1 fully saturated rings. The van der Waals surface area contributed by atoms with Crippen LogP contribution in [0, 0.1) is 5.92 Å². The van der Waals surface area contributed by atoms with Crippen molar-refractivity contribution in [2.75, 3.05) is 22.1 Å². The van der Waals surface area contributed by atoms with Crippen LogP contribution in [0.4, 0.5) is 34.5 Å². The van der Waals surface area contributed by atoms with Crippen LogP contribution in [0.1, 0.15) is 25.3 Å². The third-order valence-corrected chi connectivity index (χ3v) is 8.48. The second-order valence-electron chi connectivity index (χ2n) is 11.0. The minimum absolute atomic E-state index is 0.00141. The Morgan fingerprint density at radius 3 is 2.42 bits per heavy atom. The number of nitrogens with one attached hydrogen (secondary N) is 2. The van der Waals surface area contributed by atoms with Gasteiger partial charge >= 0.3 is 18.2 Å². The molecule has 11 nitrogen and oxygen atoms in total. The SMILES string of the molecule is CC(O)CC1CCN(c2ncc(-c3ccc(Oc4ncc(NC(=O)Nc5cc(C(F)(F)F)cnc5-c5ccccc5)cn4)cc3)s2)C1=O. The van der Waals surface area contributed by atoms with Crippen LogP contribution in [0.25, 0.3) is 21.7 Å². The number of ether oxygens (including phenoxy) is 1. The molecule has 2 unspecified atom stereocenters. The van der Waals surface area contributed by atoms with E-state index >= 15 is 0 Å². The molecule has 3 aromatic heterocycles. The molecule has 0 bridgehead atoms. The number of carbonyl (C=O) groups is 2. The van der Waals surface area contributed by atoms with Crippen molar-refractivity contribution in [3.63, 3.8) is 0 Å². The summed E-state index contributed by atoms with van der Waals surface area (Å²) in [7, 11) is 0. The van der Waals surface area contributed by atoms with Gasteiger partial charge in [-0.3, -0.25) is 14.7 Å². The lowest BCUT2D eigenvalue weighted by atomic mass is 10.0. The smallest absolute Gasteiger partial charge is 0.417 e. The molecular weight excluding hydrogens is 647 g/mol. The minimum atomic E-state index is -4.65. The number of hydrogen-bond donors (Lipinski definition) is 3. The first kappa shape index (κ1) is 32.5. The Morgan fingerprint density at radius 2 is 1.73 bits per heavy atom. The highest BCUT2D eigenvalue weighted by atomic mass is 32.1. The molecule has 3 amide bonds. The molecule has 1 aliphatic heterocycles. The number of nitrogens with zero attached hydrogens (tertiary/aromatic N) is 5. The van der Waals surface area contributed by atoms with E-state index in [2.05, 4.69) is 30.6 Å². The summed E-state index contributed by atoms with van der Waals surface area (Å²) < 4.78 is 45.8. The zero-order valence-electron chi connectivity index (χ0n) is 25.3. The molecule has 4 heterocycles. The average Bonchev–Trinajstić information content (AvgIpc) is 3.69. The molecule has 0 aliphatic carbocycles. The van der Waals surface area contributed by atoms with Gasteiger partial charge in [-0.2, -0.15) is 13.2 Å². The van der Waals surface area contributed by atoms with Gasteiger partial charge in [0.25, 0.3) is 0 Å². The van der Waals surface area contributed by atoms with Gasteiger partial charge in [-0.05, 0) is 55.7 Å². The van der Waals surface area contributed by atoms with Crippen LogP contribution in [0.3, 0.4) is 0 Å². The summed E-state index contributed by atoms with van der Waals surface area (Å²) in [6.07, 6.45) is 0.952. The standard InChI is InChI=1S/C33H28F3N7O4S/c1-19(44)13-22-11-12-43(29(22)45)32-40-18-27(48-32)20-7-9-25(10-8-20)47-31-38-16-24(17-39-31)41-30(46)42-26-14-23(33(34,35)36)15-37-28(26)21-5-3-2-4-6-21/h2-10,14-19,22,44H,11-13H2,1H3,(H2,41,42,46). The lowest BCUT2D eigenvalue weighted by Crippen LogP contribution is -2.27. The fourth-order valence-electron chi connectivity index (χ4n) is 5.13. The number of benzene rings is 2. The maximum atomic E-state index is 13.4. The van der Waals surface area contributed by atoms with Gasteiger partial charge in [0.2, 0.25) is 5.91 Å². The van der Waals surface area contributed by atoms with Crippen molar-refractivity contribution in [2.24, 2.45) is 5.92 Å². The van der Waals surface area contributed by atoms with Gasteiger partial charge in [0.05, 0.1) is 46.0 Å². The average molecular weight is 676 g/mol. The van der Waals surface area contributed by atoms with Crippen molar-refractivity contribution in [1.29, 1.82) is 0 Å². The molecule has 6 rings (SSSR count). The molecule has 0 saturated carbocycles. The lowest BCUT2D eigenvalue weighted by molar-refractivity contribution is -0.137. The molecule has 1 saturated heterocycles. The van der Waals surface area contributed by atoms with Crippen LogP contribution >= 0.6 is 11.3 Å². The van der Waals surface area contributed by atoms with Crippen LogP contribution in [-0.4, -0.2) is 49.6 Å². The summed E-state index contributed by atoms with van der Waals surface area (Å²) in [5.74, 6) is 0.226. The van der Waals surface area contributed by atoms with Crippen molar-refractivity contribution < 1.29 is 32.6 Å². The molecule has 48 heavy (non-hydrogen) atoms. The van der Waals surface area contributed by atoms with Gasteiger partial charge in [-0.1, -0.05) is 41.7 Å². The minimum Gasteiger partial charge on any atom is -0.424 e. The molecule has 2 aromatic carbocycles. The summed E-state index contributed by atoms with van der Waals surface area (Å²) in [5.41, 5.74) is 0.607. The number of hydrogen-bond acceptors (Lipinski definition) is 9. The quantitative estimate of drug-likeness (QED) is 0.148. The van der Waals surface area contributed by atoms with Gasteiger partial charge in [0, 0.05) is 30.4 Å². The molecule has 3 N–H and O–H groups in total. The fourth-order valence-corrected chi connectivity index (χ4v) is 6.09. The first-order valence-electron chi connectivity index (χ1n) is 14.8. The Labute approximate surface area is 276 Å². The van der Waals surface area contributed by atoms with Crippen LogP contribution in [0.15, 0.2) is 85.5 Å². The number of aromatic nitrogens is 4. The zero-order chi connectivity index (χ0) is 33.8. The largest absolute Gasteiger partial charge is 0.424 e. The Hall–Kier alpha value is -5.41. The molecule has 0 radical (unpaired) electrons. The fraction of sp³-hybridized carbons (Fsp3) is 0.212. The maximum Gasteiger partial charge on any atom is 0.417 e. The van der Waals surface area contributed by atoms with Crippen molar-refractivity contribution in [1.82, 2.24) is 19.9 Å². The molecule has 2 atom stereocenters. The Balaban J connectivity index is 1.07. The predicted molar refractivity (Wildman–Crippen MR) is 174 cm³/mol. The number of aliphatic hydroxyl groups is 1. The summed E-state index contributed by atoms with van der Waals surface area (Å²) in [5, 5.41) is 15.2. The highest BCUT2D eigenvalue weighted by Gasteiger charge is 2.35. The summed E-state index contributed by atoms with van der Waals surface area (Å²) in [4.78, 5) is 44.6. The number of pyridine rings is 1. The van der Waals surface area contributed by atoms with E-state index in [9.17, 15) is 27.9 Å². The van der Waals surface area contributed by atoms with E-state index in [0.29, 0.717) is 35.8 Å². The van der Waals surface area contributed by atoms with E-state index in [1.165, 1.54) is 23.7 Å². The van der Waals surface area contributed by atoms with Crippen LogP contribution < -0.4 is 20.3 Å². The van der Waals surface area contributed by atoms with E-state index in [0.717, 1.165) is 22.7 Å². The van der Waals surface area contributed by atoms with Gasteiger partial charge in [0.15, 0.2) is 5.13 Å². The van der Waals surface area contributed by atoms with Gasteiger partial charge in [0.1, 0.15) is 5.75 Å². The second-order valence-corrected chi connectivity index (χ2v) is 12.0. The third kappa shape index (κ3) is 7.58. The zero-order valence-corrected chi connectivity index (χ0v) is 26.1. The molecule has 246 valence electrons. The molecule has 5 aromatic rings. The van der Waals surface area contributed by atoms with Crippen LogP contribution in [0.5, 0.6) is 11.8 Å². The lowest BCUT2D eigenvalue weighted by Gasteiger charge is -2.14. The Bertz CT molecular complexity index is 1900. The van der Waals surface area contributed by atoms with E-state index in [4.69, 9.17) is 4.74 Å². The number of halogens is 3. The van der Waals surface area contributed by atoms with Crippen molar-refractivity contribution in [2.45, 2.75) is 32.0 Å². The Kier molecular flexibility index (Phi) is 9.32. The first-order valence-corrected chi connectivity index (χ1v) is 15.6. The number of carbonyl (C=O) groups excluding carboxylic acids is 2. The van der Waals surface area contributed by atoms with E-state index in [1.54, 1.807) is 60.5 Å². The van der Waals surface area contributed by atoms with E-state index in [-0.39, 0.29) is 34.9 Å². The van der Waals surface area contributed by atoms with E-state index in [1.807, 2.05) is 12.1 Å². The number of alkyl halides is 3. The van der Waals surface area contributed by atoms with Crippen LogP contribution in [0.2, 0.25) is 0 Å². The van der Waals surface area contributed by atoms with Crippen molar-refractivity contribution >= 4 is 39.8 Å². The number of aliphatic hydroxyl groups excluding tert-OH is 1. The predicted octanol–water partition coefficient (Wildman–Crippen LogP) is 7.24. The highest BCUT2D eigenvalue weighted by Crippen LogP contribution is 2.37. The number of anilines is 3. The monoisotopic (exact) mass is 675 g/mol. The number of rotatable bonds is 9. The summed E-state index contributed by atoms with van der Waals surface area (Å²) in [6.45, 7) is 2.25. The maximum absolute atomic E-state index is 13.4. The van der Waals surface area contributed by atoms with Crippen LogP contribution in [-0.2, 0) is 11.0 Å². The summed E-state index contributed by atoms with van der Waals surface area (Å²) >= 11 is 1.40. The molecular formula is C33H28F3N7O4S. The number of amides is 3. The van der Waals surface area contributed by atoms with Crippen molar-refractivity contribution in [3.05, 3.63) is 91.0 Å². The number of urea groups is 1. The van der Waals surface area contributed by atoms with Gasteiger partial charge in [-0.15, -0.1) is 0 Å². The van der Waals surface area contributed by atoms with Gasteiger partial charge in [-0.25, -0.2) is 19.7 Å². The second kappa shape index (κ2) is 13.8.